The van der Waals surface area contributed by atoms with E-state index in [1.54, 1.807) is 18.0 Å². The summed E-state index contributed by atoms with van der Waals surface area (Å²) in [7, 11) is 0. The molecular weight excluding hydrogens is 238 g/mol. The molecule has 0 aliphatic heterocycles. The highest BCUT2D eigenvalue weighted by atomic mass is 32.2. The van der Waals surface area contributed by atoms with Crippen LogP contribution in [0, 0.1) is 0 Å². The van der Waals surface area contributed by atoms with E-state index in [0.717, 1.165) is 22.0 Å². The summed E-state index contributed by atoms with van der Waals surface area (Å²) in [5, 5.41) is 1.03. The van der Waals surface area contributed by atoms with Crippen molar-refractivity contribution in [2.75, 3.05) is 5.75 Å². The first-order chi connectivity index (χ1) is 7.92. The van der Waals surface area contributed by atoms with Crippen molar-refractivity contribution in [3.05, 3.63) is 24.5 Å². The minimum atomic E-state index is 0.971. The van der Waals surface area contributed by atoms with Gasteiger partial charge in [-0.3, -0.25) is 4.98 Å². The molecule has 0 aromatic carbocycles. The van der Waals surface area contributed by atoms with E-state index in [0.29, 0.717) is 0 Å². The van der Waals surface area contributed by atoms with Gasteiger partial charge in [0.2, 0.25) is 0 Å². The molecule has 0 aliphatic carbocycles. The van der Waals surface area contributed by atoms with Gasteiger partial charge in [-0.25, -0.2) is 0 Å². The summed E-state index contributed by atoms with van der Waals surface area (Å²) in [6, 6.07) is 3.95. The van der Waals surface area contributed by atoms with Crippen LogP contribution in [-0.2, 0) is 0 Å². The molecule has 2 aromatic rings. The third-order valence-corrected chi connectivity index (χ3v) is 3.82. The highest BCUT2D eigenvalue weighted by molar-refractivity contribution is 7.99. The van der Waals surface area contributed by atoms with Gasteiger partial charge >= 0.3 is 0 Å². The van der Waals surface area contributed by atoms with Crippen LogP contribution in [-0.4, -0.2) is 19.5 Å². The van der Waals surface area contributed by atoms with Gasteiger partial charge in [0.25, 0.3) is 0 Å². The Labute approximate surface area is 104 Å². The predicted octanol–water partition coefficient (Wildman–Crippen LogP) is 3.49. The molecule has 2 heterocycles. The second kappa shape index (κ2) is 5.96. The van der Waals surface area contributed by atoms with E-state index < -0.39 is 0 Å². The smallest absolute Gasteiger partial charge is 0.138 e. The summed E-state index contributed by atoms with van der Waals surface area (Å²) < 4.78 is 8.67. The number of unbranched alkanes of at least 4 members (excludes halogenated alkanes) is 1. The summed E-state index contributed by atoms with van der Waals surface area (Å²) in [6.45, 7) is 2.20. The molecule has 0 unspecified atom stereocenters. The van der Waals surface area contributed by atoms with E-state index in [-0.39, 0.29) is 0 Å². The van der Waals surface area contributed by atoms with Crippen LogP contribution in [0.2, 0.25) is 0 Å². The van der Waals surface area contributed by atoms with Crippen molar-refractivity contribution in [1.29, 1.82) is 0 Å². The molecule has 3 nitrogen and oxygen atoms in total. The van der Waals surface area contributed by atoms with E-state index in [2.05, 4.69) is 20.7 Å². The van der Waals surface area contributed by atoms with E-state index in [1.165, 1.54) is 24.6 Å². The minimum absolute atomic E-state index is 0.971. The van der Waals surface area contributed by atoms with Gasteiger partial charge in [-0.15, -0.1) is 11.8 Å². The van der Waals surface area contributed by atoms with Crippen LogP contribution in [0.4, 0.5) is 0 Å². The molecule has 0 bridgehead atoms. The molecular formula is C11H13N3S2. The fourth-order valence-electron chi connectivity index (χ4n) is 1.27. The second-order valence-corrected chi connectivity index (χ2v) is 4.97. The molecule has 84 valence electrons. The van der Waals surface area contributed by atoms with Crippen molar-refractivity contribution in [3.8, 4) is 11.3 Å². The Morgan fingerprint density at radius 3 is 3.06 bits per heavy atom. The summed E-state index contributed by atoms with van der Waals surface area (Å²) in [4.78, 5) is 4.11. The standard InChI is InChI=1S/C11H13N3S2/c1-2-3-7-15-11-10(13-16-14-11)9-5-4-6-12-8-9/h4-6,8H,2-3,7H2,1H3. The lowest BCUT2D eigenvalue weighted by Gasteiger charge is -1.99. The molecule has 0 N–H and O–H groups in total. The maximum absolute atomic E-state index is 4.33. The number of hydrogen-bond acceptors (Lipinski definition) is 5. The zero-order chi connectivity index (χ0) is 11.2. The topological polar surface area (TPSA) is 38.7 Å². The zero-order valence-corrected chi connectivity index (χ0v) is 10.7. The van der Waals surface area contributed by atoms with Crippen LogP contribution >= 0.6 is 23.5 Å². The Hall–Kier alpha value is -0.940. The zero-order valence-electron chi connectivity index (χ0n) is 9.09. The van der Waals surface area contributed by atoms with Gasteiger partial charge < -0.3 is 0 Å². The average molecular weight is 251 g/mol. The van der Waals surface area contributed by atoms with Crippen LogP contribution < -0.4 is 0 Å². The lowest BCUT2D eigenvalue weighted by Crippen LogP contribution is -1.84. The summed E-state index contributed by atoms with van der Waals surface area (Å²) in [6.07, 6.45) is 6.04. The minimum Gasteiger partial charge on any atom is -0.264 e. The Morgan fingerprint density at radius 1 is 1.38 bits per heavy atom. The molecule has 0 aliphatic rings. The molecule has 16 heavy (non-hydrogen) atoms. The summed E-state index contributed by atoms with van der Waals surface area (Å²) in [5.41, 5.74) is 2.02. The van der Waals surface area contributed by atoms with Gasteiger partial charge in [0.15, 0.2) is 0 Å². The molecule has 2 rings (SSSR count). The first-order valence-corrected chi connectivity index (χ1v) is 6.99. The molecule has 0 spiro atoms. The van der Waals surface area contributed by atoms with Crippen molar-refractivity contribution < 1.29 is 0 Å². The highest BCUT2D eigenvalue weighted by Crippen LogP contribution is 2.29. The lowest BCUT2D eigenvalue weighted by molar-refractivity contribution is 0.895. The van der Waals surface area contributed by atoms with E-state index in [4.69, 9.17) is 0 Å². The largest absolute Gasteiger partial charge is 0.264 e. The lowest BCUT2D eigenvalue weighted by atomic mass is 10.2. The van der Waals surface area contributed by atoms with Crippen molar-refractivity contribution in [1.82, 2.24) is 13.7 Å². The fourth-order valence-corrected chi connectivity index (χ4v) is 3.04. The third kappa shape index (κ3) is 2.80. The van der Waals surface area contributed by atoms with E-state index >= 15 is 0 Å². The van der Waals surface area contributed by atoms with Gasteiger partial charge in [0, 0.05) is 18.0 Å². The first-order valence-electron chi connectivity index (χ1n) is 5.27. The normalized spacial score (nSPS) is 10.6. The van der Waals surface area contributed by atoms with Crippen LogP contribution in [0.25, 0.3) is 11.3 Å². The molecule has 2 aromatic heterocycles. The SMILES string of the molecule is CCCCSc1nsnc1-c1cccnc1. The van der Waals surface area contributed by atoms with Crippen LogP contribution in [0.15, 0.2) is 29.6 Å². The molecule has 0 atom stereocenters. The van der Waals surface area contributed by atoms with Crippen LogP contribution in [0.1, 0.15) is 19.8 Å². The highest BCUT2D eigenvalue weighted by Gasteiger charge is 2.10. The van der Waals surface area contributed by atoms with E-state index in [9.17, 15) is 0 Å². The number of rotatable bonds is 5. The van der Waals surface area contributed by atoms with Gasteiger partial charge in [0.05, 0.1) is 11.7 Å². The van der Waals surface area contributed by atoms with Crippen molar-refractivity contribution in [2.45, 2.75) is 24.8 Å². The molecule has 0 fully saturated rings. The third-order valence-electron chi connectivity index (χ3n) is 2.13. The second-order valence-electron chi connectivity index (χ2n) is 3.36. The summed E-state index contributed by atoms with van der Waals surface area (Å²) >= 11 is 3.05. The number of pyridine rings is 1. The van der Waals surface area contributed by atoms with Gasteiger partial charge in [-0.05, 0) is 24.3 Å². The Balaban J connectivity index is 2.13. The van der Waals surface area contributed by atoms with Gasteiger partial charge in [0.1, 0.15) is 10.7 Å². The Bertz CT molecular complexity index is 428. The molecule has 5 heteroatoms. The van der Waals surface area contributed by atoms with Crippen molar-refractivity contribution in [3.63, 3.8) is 0 Å². The average Bonchev–Trinajstić information content (AvgIpc) is 2.79. The van der Waals surface area contributed by atoms with E-state index in [1.807, 2.05) is 18.3 Å². The maximum Gasteiger partial charge on any atom is 0.138 e. The monoisotopic (exact) mass is 251 g/mol. The fraction of sp³-hybridized carbons (Fsp3) is 0.364. The Kier molecular flexibility index (Phi) is 4.30. The Morgan fingerprint density at radius 2 is 2.31 bits per heavy atom. The number of hydrogen-bond donors (Lipinski definition) is 0. The van der Waals surface area contributed by atoms with Crippen LogP contribution in [0.5, 0.6) is 0 Å². The van der Waals surface area contributed by atoms with Crippen molar-refractivity contribution in [2.24, 2.45) is 0 Å². The molecule has 0 radical (unpaired) electrons. The van der Waals surface area contributed by atoms with Gasteiger partial charge in [-0.1, -0.05) is 13.3 Å². The van der Waals surface area contributed by atoms with Crippen LogP contribution in [0.3, 0.4) is 0 Å². The molecule has 0 saturated heterocycles. The predicted molar refractivity (Wildman–Crippen MR) is 68.8 cm³/mol. The number of thioether (sulfide) groups is 1. The van der Waals surface area contributed by atoms with Gasteiger partial charge in [-0.2, -0.15) is 8.75 Å². The quantitative estimate of drug-likeness (QED) is 0.602. The molecule has 0 amide bonds. The first kappa shape index (κ1) is 11.5. The number of aromatic nitrogens is 3. The molecule has 0 saturated carbocycles. The maximum atomic E-state index is 4.33. The van der Waals surface area contributed by atoms with Crippen molar-refractivity contribution >= 4 is 23.5 Å². The summed E-state index contributed by atoms with van der Waals surface area (Å²) in [5.74, 6) is 1.11. The number of nitrogens with zero attached hydrogens (tertiary/aromatic N) is 3.